The minimum atomic E-state index is 0.140. The molecule has 3 unspecified atom stereocenters. The Kier molecular flexibility index (Phi) is 4.39. The largest absolute Gasteiger partial charge is 0.378 e. The van der Waals surface area contributed by atoms with Crippen LogP contribution in [0.1, 0.15) is 43.4 Å². The molecule has 0 amide bonds. The van der Waals surface area contributed by atoms with Gasteiger partial charge in [0.25, 0.3) is 0 Å². The lowest BCUT2D eigenvalue weighted by Gasteiger charge is -2.43. The lowest BCUT2D eigenvalue weighted by atomic mass is 9.94. The molecule has 1 aromatic rings. The fraction of sp³-hybridized carbons (Fsp3) is 0.647. The van der Waals surface area contributed by atoms with Crippen molar-refractivity contribution in [3.8, 4) is 0 Å². The zero-order valence-electron chi connectivity index (χ0n) is 12.4. The van der Waals surface area contributed by atoms with E-state index in [-0.39, 0.29) is 6.04 Å². The first kappa shape index (κ1) is 14.1. The van der Waals surface area contributed by atoms with Gasteiger partial charge in [-0.1, -0.05) is 31.2 Å². The zero-order chi connectivity index (χ0) is 13.9. The number of benzene rings is 1. The average Bonchev–Trinajstić information content (AvgIpc) is 2.67. The predicted molar refractivity (Wildman–Crippen MR) is 81.7 cm³/mol. The lowest BCUT2D eigenvalue weighted by Crippen LogP contribution is -2.53. The third kappa shape index (κ3) is 2.62. The minimum Gasteiger partial charge on any atom is -0.378 e. The Hall–Kier alpha value is -0.900. The van der Waals surface area contributed by atoms with Gasteiger partial charge in [-0.25, -0.2) is 0 Å². The van der Waals surface area contributed by atoms with E-state index in [9.17, 15) is 0 Å². The number of hydrogen-bond donors (Lipinski definition) is 1. The molecule has 0 radical (unpaired) electrons. The van der Waals surface area contributed by atoms with Crippen molar-refractivity contribution in [3.63, 3.8) is 0 Å². The number of nitrogens with two attached hydrogens (primary N) is 1. The highest BCUT2D eigenvalue weighted by molar-refractivity contribution is 5.32. The molecule has 110 valence electrons. The maximum atomic E-state index is 6.66. The first-order chi connectivity index (χ1) is 9.81. The maximum Gasteiger partial charge on any atom is 0.0622 e. The summed E-state index contributed by atoms with van der Waals surface area (Å²) in [4.78, 5) is 2.62. The summed E-state index contributed by atoms with van der Waals surface area (Å²) in [5, 5.41) is 0. The van der Waals surface area contributed by atoms with Crippen molar-refractivity contribution >= 4 is 0 Å². The molecular weight excluding hydrogens is 248 g/mol. The molecule has 1 heterocycles. The van der Waals surface area contributed by atoms with Gasteiger partial charge < -0.3 is 10.5 Å². The molecule has 2 aliphatic rings. The summed E-state index contributed by atoms with van der Waals surface area (Å²) >= 11 is 0. The van der Waals surface area contributed by atoms with Gasteiger partial charge in [0.05, 0.1) is 13.2 Å². The summed E-state index contributed by atoms with van der Waals surface area (Å²) in [7, 11) is 0. The number of nitrogens with zero attached hydrogens (tertiary/aromatic N) is 1. The van der Waals surface area contributed by atoms with Crippen LogP contribution < -0.4 is 5.73 Å². The molecule has 1 fully saturated rings. The summed E-state index contributed by atoms with van der Waals surface area (Å²) in [6.45, 7) is 4.99. The molecule has 3 heteroatoms. The van der Waals surface area contributed by atoms with Crippen LogP contribution in [0.15, 0.2) is 24.3 Å². The topological polar surface area (TPSA) is 38.5 Å². The fourth-order valence-electron chi connectivity index (χ4n) is 3.80. The number of rotatable bonds is 2. The molecule has 2 N–H and O–H groups in total. The Morgan fingerprint density at radius 2 is 2.20 bits per heavy atom. The molecule has 3 nitrogen and oxygen atoms in total. The predicted octanol–water partition coefficient (Wildman–Crippen LogP) is 2.50. The Morgan fingerprint density at radius 3 is 3.05 bits per heavy atom. The number of ether oxygens (including phenoxy) is 1. The highest BCUT2D eigenvalue weighted by atomic mass is 16.5. The third-order valence-electron chi connectivity index (χ3n) is 4.95. The van der Waals surface area contributed by atoms with Crippen LogP contribution in [0.3, 0.4) is 0 Å². The van der Waals surface area contributed by atoms with E-state index < -0.39 is 0 Å². The van der Waals surface area contributed by atoms with E-state index >= 15 is 0 Å². The van der Waals surface area contributed by atoms with Crippen molar-refractivity contribution in [1.29, 1.82) is 0 Å². The minimum absolute atomic E-state index is 0.140. The molecule has 0 aromatic heterocycles. The summed E-state index contributed by atoms with van der Waals surface area (Å²) in [6, 6.07) is 9.86. The highest BCUT2D eigenvalue weighted by Gasteiger charge is 2.34. The van der Waals surface area contributed by atoms with E-state index in [1.54, 1.807) is 0 Å². The lowest BCUT2D eigenvalue weighted by molar-refractivity contribution is -0.0368. The summed E-state index contributed by atoms with van der Waals surface area (Å²) in [5.41, 5.74) is 9.46. The first-order valence-electron chi connectivity index (χ1n) is 7.98. The van der Waals surface area contributed by atoms with Gasteiger partial charge in [-0.3, -0.25) is 4.90 Å². The van der Waals surface area contributed by atoms with Crippen LogP contribution in [-0.2, 0) is 11.2 Å². The monoisotopic (exact) mass is 274 g/mol. The molecule has 0 bridgehead atoms. The molecule has 1 saturated heterocycles. The Labute approximate surface area is 122 Å². The van der Waals surface area contributed by atoms with E-state index in [2.05, 4.69) is 36.1 Å². The van der Waals surface area contributed by atoms with Gasteiger partial charge in [-0.05, 0) is 36.8 Å². The second-order valence-electron chi connectivity index (χ2n) is 6.06. The molecule has 3 rings (SSSR count). The van der Waals surface area contributed by atoms with E-state index in [0.29, 0.717) is 12.1 Å². The molecule has 1 aliphatic carbocycles. The van der Waals surface area contributed by atoms with Gasteiger partial charge in [0.2, 0.25) is 0 Å². The van der Waals surface area contributed by atoms with Gasteiger partial charge in [0.15, 0.2) is 0 Å². The SMILES string of the molecule is CCC1COCCN1C1CCCc2ccccc2C1N. The molecule has 20 heavy (non-hydrogen) atoms. The van der Waals surface area contributed by atoms with Gasteiger partial charge in [0.1, 0.15) is 0 Å². The summed E-state index contributed by atoms with van der Waals surface area (Å²) < 4.78 is 5.65. The van der Waals surface area contributed by atoms with Crippen LogP contribution in [0.2, 0.25) is 0 Å². The third-order valence-corrected chi connectivity index (χ3v) is 4.95. The molecule has 0 spiro atoms. The van der Waals surface area contributed by atoms with E-state index in [0.717, 1.165) is 26.2 Å². The van der Waals surface area contributed by atoms with Gasteiger partial charge >= 0.3 is 0 Å². The first-order valence-corrected chi connectivity index (χ1v) is 7.98. The fourth-order valence-corrected chi connectivity index (χ4v) is 3.80. The van der Waals surface area contributed by atoms with Crippen LogP contribution in [-0.4, -0.2) is 36.7 Å². The molecule has 0 saturated carbocycles. The normalized spacial score (nSPS) is 31.6. The van der Waals surface area contributed by atoms with Crippen molar-refractivity contribution in [2.45, 2.75) is 50.7 Å². The van der Waals surface area contributed by atoms with Crippen molar-refractivity contribution in [2.75, 3.05) is 19.8 Å². The number of aryl methyl sites for hydroxylation is 1. The smallest absolute Gasteiger partial charge is 0.0622 e. The molecule has 3 atom stereocenters. The van der Waals surface area contributed by atoms with E-state index in [1.807, 2.05) is 0 Å². The van der Waals surface area contributed by atoms with Crippen molar-refractivity contribution in [1.82, 2.24) is 4.90 Å². The second kappa shape index (κ2) is 6.25. The van der Waals surface area contributed by atoms with Gasteiger partial charge in [-0.2, -0.15) is 0 Å². The Balaban J connectivity index is 1.86. The Morgan fingerprint density at radius 1 is 1.35 bits per heavy atom. The van der Waals surface area contributed by atoms with Crippen molar-refractivity contribution < 1.29 is 4.74 Å². The summed E-state index contributed by atoms with van der Waals surface area (Å²) in [5.74, 6) is 0. The van der Waals surface area contributed by atoms with Crippen LogP contribution in [0.4, 0.5) is 0 Å². The van der Waals surface area contributed by atoms with Crippen LogP contribution >= 0.6 is 0 Å². The molecular formula is C17H26N2O. The van der Waals surface area contributed by atoms with Crippen molar-refractivity contribution in [3.05, 3.63) is 35.4 Å². The average molecular weight is 274 g/mol. The van der Waals surface area contributed by atoms with E-state index in [4.69, 9.17) is 10.5 Å². The quantitative estimate of drug-likeness (QED) is 0.842. The van der Waals surface area contributed by atoms with Gasteiger partial charge in [0, 0.05) is 24.7 Å². The second-order valence-corrected chi connectivity index (χ2v) is 6.06. The van der Waals surface area contributed by atoms with E-state index in [1.165, 1.54) is 30.4 Å². The number of hydrogen-bond acceptors (Lipinski definition) is 3. The Bertz CT molecular complexity index is 448. The van der Waals surface area contributed by atoms with Crippen molar-refractivity contribution in [2.24, 2.45) is 5.73 Å². The molecule has 1 aliphatic heterocycles. The highest BCUT2D eigenvalue weighted by Crippen LogP contribution is 2.32. The van der Waals surface area contributed by atoms with Gasteiger partial charge in [-0.15, -0.1) is 0 Å². The maximum absolute atomic E-state index is 6.66. The standard InChI is InChI=1S/C17H26N2O/c1-2-14-12-20-11-10-19(14)16-9-5-7-13-6-3-4-8-15(13)17(16)18/h3-4,6,8,14,16-17H,2,5,7,9-12,18H2,1H3. The van der Waals surface area contributed by atoms with Crippen LogP contribution in [0.25, 0.3) is 0 Å². The number of fused-ring (bicyclic) bond motifs is 1. The van der Waals surface area contributed by atoms with Crippen LogP contribution in [0, 0.1) is 0 Å². The zero-order valence-corrected chi connectivity index (χ0v) is 12.4. The molecule has 1 aromatic carbocycles. The van der Waals surface area contributed by atoms with Crippen LogP contribution in [0.5, 0.6) is 0 Å². The summed E-state index contributed by atoms with van der Waals surface area (Å²) in [6.07, 6.45) is 4.75. The number of morpholine rings is 1.